The Morgan fingerprint density at radius 3 is 2.65 bits per heavy atom. The summed E-state index contributed by atoms with van der Waals surface area (Å²) in [6, 6.07) is 6.99. The molecule has 0 aliphatic heterocycles. The van der Waals surface area contributed by atoms with Gasteiger partial charge in [-0.25, -0.2) is 4.39 Å². The van der Waals surface area contributed by atoms with E-state index in [1.807, 2.05) is 26.1 Å². The first-order valence-corrected chi connectivity index (χ1v) is 6.08. The Balaban J connectivity index is 2.63. The molecule has 0 amide bonds. The first-order chi connectivity index (χ1) is 8.17. The third-order valence-electron chi connectivity index (χ3n) is 3.03. The highest BCUT2D eigenvalue weighted by Gasteiger charge is 2.14. The summed E-state index contributed by atoms with van der Waals surface area (Å²) in [6.45, 7) is 2.92. The van der Waals surface area contributed by atoms with Gasteiger partial charge in [-0.15, -0.1) is 0 Å². The minimum absolute atomic E-state index is 0.112. The molecule has 96 valence electrons. The van der Waals surface area contributed by atoms with E-state index in [-0.39, 0.29) is 11.9 Å². The van der Waals surface area contributed by atoms with Gasteiger partial charge < -0.3 is 10.1 Å². The number of rotatable bonds is 7. The minimum atomic E-state index is -0.112. The van der Waals surface area contributed by atoms with Crippen molar-refractivity contribution in [1.82, 2.24) is 5.32 Å². The first-order valence-electron chi connectivity index (χ1n) is 6.08. The van der Waals surface area contributed by atoms with Gasteiger partial charge >= 0.3 is 0 Å². The Labute approximate surface area is 103 Å². The molecular formula is C14H22FNO. The molecule has 0 aliphatic rings. The summed E-state index contributed by atoms with van der Waals surface area (Å²) in [7, 11) is 3.63. The maximum atomic E-state index is 13.6. The lowest BCUT2D eigenvalue weighted by atomic mass is 9.93. The molecule has 0 radical (unpaired) electrons. The monoisotopic (exact) mass is 239 g/mol. The van der Waals surface area contributed by atoms with E-state index < -0.39 is 0 Å². The first kappa shape index (κ1) is 14.1. The number of hydrogen-bond acceptors (Lipinski definition) is 2. The summed E-state index contributed by atoms with van der Waals surface area (Å²) in [5.41, 5.74) is 0.788. The zero-order valence-electron chi connectivity index (χ0n) is 10.9. The zero-order chi connectivity index (χ0) is 12.7. The van der Waals surface area contributed by atoms with Crippen LogP contribution in [0.3, 0.4) is 0 Å². The molecule has 17 heavy (non-hydrogen) atoms. The molecule has 0 heterocycles. The fraction of sp³-hybridized carbons (Fsp3) is 0.571. The standard InChI is InChI=1S/C14H22FNO/c1-11(17-3)8-12(10-16-2)9-13-6-4-5-7-14(13)15/h4-7,11-12,16H,8-10H2,1-3H3. The Morgan fingerprint density at radius 1 is 1.35 bits per heavy atom. The average Bonchev–Trinajstić information content (AvgIpc) is 2.32. The van der Waals surface area contributed by atoms with Crippen molar-refractivity contribution in [2.24, 2.45) is 5.92 Å². The molecule has 3 heteroatoms. The quantitative estimate of drug-likeness (QED) is 0.789. The predicted octanol–water partition coefficient (Wildman–Crippen LogP) is 2.63. The smallest absolute Gasteiger partial charge is 0.126 e. The molecule has 1 aromatic carbocycles. The minimum Gasteiger partial charge on any atom is -0.382 e. The van der Waals surface area contributed by atoms with Crippen LogP contribution in [0.25, 0.3) is 0 Å². The van der Waals surface area contributed by atoms with Gasteiger partial charge in [-0.05, 0) is 50.9 Å². The number of halogens is 1. The highest BCUT2D eigenvalue weighted by molar-refractivity contribution is 5.17. The molecule has 1 N–H and O–H groups in total. The second-order valence-corrected chi connectivity index (χ2v) is 4.50. The van der Waals surface area contributed by atoms with Crippen LogP contribution in [0, 0.1) is 11.7 Å². The third-order valence-corrected chi connectivity index (χ3v) is 3.03. The molecule has 0 spiro atoms. The lowest BCUT2D eigenvalue weighted by Crippen LogP contribution is -2.25. The van der Waals surface area contributed by atoms with Gasteiger partial charge in [0.05, 0.1) is 6.10 Å². The Kier molecular flexibility index (Phi) is 6.16. The van der Waals surface area contributed by atoms with Gasteiger partial charge in [0.25, 0.3) is 0 Å². The van der Waals surface area contributed by atoms with Gasteiger partial charge in [0.2, 0.25) is 0 Å². The second-order valence-electron chi connectivity index (χ2n) is 4.50. The van der Waals surface area contributed by atoms with Crippen LogP contribution in [0.4, 0.5) is 4.39 Å². The Hall–Kier alpha value is -0.930. The van der Waals surface area contributed by atoms with E-state index in [4.69, 9.17) is 4.74 Å². The van der Waals surface area contributed by atoms with Crippen LogP contribution in [0.5, 0.6) is 0 Å². The van der Waals surface area contributed by atoms with Gasteiger partial charge in [0.1, 0.15) is 5.82 Å². The van der Waals surface area contributed by atoms with Crippen molar-refractivity contribution >= 4 is 0 Å². The largest absolute Gasteiger partial charge is 0.382 e. The second kappa shape index (κ2) is 7.41. The lowest BCUT2D eigenvalue weighted by molar-refractivity contribution is 0.0948. The molecule has 0 bridgehead atoms. The number of hydrogen-bond donors (Lipinski definition) is 1. The topological polar surface area (TPSA) is 21.3 Å². The van der Waals surface area contributed by atoms with Crippen molar-refractivity contribution in [2.45, 2.75) is 25.9 Å². The van der Waals surface area contributed by atoms with Gasteiger partial charge in [-0.1, -0.05) is 18.2 Å². The van der Waals surface area contributed by atoms with E-state index in [1.54, 1.807) is 13.2 Å². The summed E-state index contributed by atoms with van der Waals surface area (Å²) in [4.78, 5) is 0. The molecule has 0 aromatic heterocycles. The fourth-order valence-corrected chi connectivity index (χ4v) is 2.07. The van der Waals surface area contributed by atoms with Gasteiger partial charge in [0, 0.05) is 7.11 Å². The molecule has 0 fully saturated rings. The number of ether oxygens (including phenoxy) is 1. The van der Waals surface area contributed by atoms with E-state index in [2.05, 4.69) is 5.32 Å². The van der Waals surface area contributed by atoms with Crippen LogP contribution in [0.15, 0.2) is 24.3 Å². The zero-order valence-corrected chi connectivity index (χ0v) is 10.9. The highest BCUT2D eigenvalue weighted by atomic mass is 19.1. The van der Waals surface area contributed by atoms with Crippen LogP contribution < -0.4 is 5.32 Å². The lowest BCUT2D eigenvalue weighted by Gasteiger charge is -2.20. The van der Waals surface area contributed by atoms with E-state index in [0.29, 0.717) is 5.92 Å². The highest BCUT2D eigenvalue weighted by Crippen LogP contribution is 2.17. The van der Waals surface area contributed by atoms with Crippen LogP contribution in [0.2, 0.25) is 0 Å². The van der Waals surface area contributed by atoms with Crippen molar-refractivity contribution in [3.63, 3.8) is 0 Å². The summed E-state index contributed by atoms with van der Waals surface area (Å²) < 4.78 is 18.8. The molecule has 0 saturated carbocycles. The maximum absolute atomic E-state index is 13.6. The summed E-state index contributed by atoms with van der Waals surface area (Å²) in [5, 5.41) is 3.16. The van der Waals surface area contributed by atoms with Crippen LogP contribution in [0.1, 0.15) is 18.9 Å². The molecule has 2 nitrogen and oxygen atoms in total. The SMILES string of the molecule is CNCC(Cc1ccccc1F)CC(C)OC. The summed E-state index contributed by atoms with van der Waals surface area (Å²) in [5.74, 6) is 0.283. The van der Waals surface area contributed by atoms with Gasteiger partial charge in [-0.3, -0.25) is 0 Å². The molecule has 0 saturated heterocycles. The molecule has 2 unspecified atom stereocenters. The normalized spacial score (nSPS) is 14.6. The third kappa shape index (κ3) is 4.84. The predicted molar refractivity (Wildman–Crippen MR) is 68.6 cm³/mol. The van der Waals surface area contributed by atoms with Crippen molar-refractivity contribution in [3.05, 3.63) is 35.6 Å². The molecule has 1 rings (SSSR count). The van der Waals surface area contributed by atoms with Crippen LogP contribution >= 0.6 is 0 Å². The van der Waals surface area contributed by atoms with E-state index >= 15 is 0 Å². The average molecular weight is 239 g/mol. The Morgan fingerprint density at radius 2 is 2.06 bits per heavy atom. The van der Waals surface area contributed by atoms with Crippen LogP contribution in [-0.4, -0.2) is 26.8 Å². The Bertz CT molecular complexity index is 330. The van der Waals surface area contributed by atoms with Crippen molar-refractivity contribution in [2.75, 3.05) is 20.7 Å². The van der Waals surface area contributed by atoms with E-state index in [1.165, 1.54) is 6.07 Å². The van der Waals surface area contributed by atoms with Crippen molar-refractivity contribution in [3.8, 4) is 0 Å². The number of methoxy groups -OCH3 is 1. The summed E-state index contributed by atoms with van der Waals surface area (Å²) in [6.07, 6.45) is 1.90. The van der Waals surface area contributed by atoms with Gasteiger partial charge in [-0.2, -0.15) is 0 Å². The van der Waals surface area contributed by atoms with E-state index in [9.17, 15) is 4.39 Å². The van der Waals surface area contributed by atoms with Crippen LogP contribution in [-0.2, 0) is 11.2 Å². The van der Waals surface area contributed by atoms with E-state index in [0.717, 1.165) is 24.9 Å². The maximum Gasteiger partial charge on any atom is 0.126 e. The van der Waals surface area contributed by atoms with Crippen molar-refractivity contribution in [1.29, 1.82) is 0 Å². The number of benzene rings is 1. The van der Waals surface area contributed by atoms with Crippen molar-refractivity contribution < 1.29 is 9.13 Å². The molecule has 0 aliphatic carbocycles. The molecule has 2 atom stereocenters. The van der Waals surface area contributed by atoms with Gasteiger partial charge in [0.15, 0.2) is 0 Å². The molecule has 1 aromatic rings. The fourth-order valence-electron chi connectivity index (χ4n) is 2.07. The summed E-state index contributed by atoms with van der Waals surface area (Å²) >= 11 is 0. The molecular weight excluding hydrogens is 217 g/mol. The number of nitrogens with one attached hydrogen (secondary N) is 1.